The van der Waals surface area contributed by atoms with Gasteiger partial charge in [0.2, 0.25) is 0 Å². The molecule has 1 N–H and O–H groups in total. The van der Waals surface area contributed by atoms with Crippen molar-refractivity contribution in [3.05, 3.63) is 41.5 Å². The van der Waals surface area contributed by atoms with E-state index in [4.69, 9.17) is 9.47 Å². The number of nitrogens with zero attached hydrogens (tertiary/aromatic N) is 1. The largest absolute Gasteiger partial charge is 0.507 e. The van der Waals surface area contributed by atoms with Crippen LogP contribution in [0.4, 0.5) is 0 Å². The van der Waals surface area contributed by atoms with E-state index in [2.05, 4.69) is 0 Å². The van der Waals surface area contributed by atoms with Crippen LogP contribution in [0.3, 0.4) is 0 Å². The first-order chi connectivity index (χ1) is 13.0. The molecule has 1 aliphatic rings. The summed E-state index contributed by atoms with van der Waals surface area (Å²) in [5.74, 6) is -0.199. The van der Waals surface area contributed by atoms with Gasteiger partial charge in [0.15, 0.2) is 5.78 Å². The Morgan fingerprint density at radius 2 is 1.93 bits per heavy atom. The van der Waals surface area contributed by atoms with Gasteiger partial charge in [-0.3, -0.25) is 4.79 Å². The first-order valence-corrected chi connectivity index (χ1v) is 9.15. The van der Waals surface area contributed by atoms with Crippen LogP contribution >= 0.6 is 0 Å². The number of carbonyl (C=O) groups excluding carboxylic acids is 2. The Labute approximate surface area is 160 Å². The summed E-state index contributed by atoms with van der Waals surface area (Å²) in [5.41, 5.74) is 0.669. The number of rotatable bonds is 4. The lowest BCUT2D eigenvalue weighted by Gasteiger charge is -2.14. The Morgan fingerprint density at radius 3 is 2.70 bits per heavy atom. The van der Waals surface area contributed by atoms with E-state index in [1.165, 1.54) is 12.1 Å². The first-order valence-electron chi connectivity index (χ1n) is 9.15. The lowest BCUT2D eigenvalue weighted by Crippen LogP contribution is -2.19. The van der Waals surface area contributed by atoms with E-state index in [9.17, 15) is 14.7 Å². The molecule has 27 heavy (non-hydrogen) atoms. The number of cyclic esters (lactones) is 1. The van der Waals surface area contributed by atoms with Crippen LogP contribution in [0.25, 0.3) is 6.08 Å². The van der Waals surface area contributed by atoms with E-state index in [1.807, 2.05) is 25.1 Å². The van der Waals surface area contributed by atoms with Crippen molar-refractivity contribution >= 4 is 17.8 Å². The molecule has 2 rings (SSSR count). The van der Waals surface area contributed by atoms with Crippen molar-refractivity contribution in [2.75, 3.05) is 33.9 Å². The fraction of sp³-hybridized carbons (Fsp3) is 0.429. The highest BCUT2D eigenvalue weighted by Gasteiger charge is 2.18. The van der Waals surface area contributed by atoms with Crippen LogP contribution in [0.5, 0.6) is 11.5 Å². The minimum Gasteiger partial charge on any atom is -0.507 e. The van der Waals surface area contributed by atoms with Crippen LogP contribution in [-0.4, -0.2) is 55.6 Å². The highest BCUT2D eigenvalue weighted by atomic mass is 16.5. The lowest BCUT2D eigenvalue weighted by atomic mass is 10.0. The zero-order valence-corrected chi connectivity index (χ0v) is 15.9. The van der Waals surface area contributed by atoms with Gasteiger partial charge in [-0.05, 0) is 51.1 Å². The summed E-state index contributed by atoms with van der Waals surface area (Å²) in [6, 6.07) is 3.16. The second-order valence-corrected chi connectivity index (χ2v) is 6.65. The van der Waals surface area contributed by atoms with Gasteiger partial charge in [-0.25, -0.2) is 4.79 Å². The molecule has 1 aromatic rings. The standard InChI is InChI=1S/C21H27NO5/c1-22(2)11-13-26-18-14-16-8-4-3-5-9-17(23)10-6-7-12-27-21(25)20(16)19(24)15-18/h4,6,8,10,14-15,24H,3,5,7,9,11-13H2,1-2H3/b8-4+,10-6-. The number of likely N-dealkylation sites (N-methyl/N-ethyl adjacent to an activating group) is 1. The summed E-state index contributed by atoms with van der Waals surface area (Å²) in [5, 5.41) is 10.4. The highest BCUT2D eigenvalue weighted by Crippen LogP contribution is 2.30. The van der Waals surface area contributed by atoms with Crippen LogP contribution in [0.2, 0.25) is 0 Å². The second kappa shape index (κ2) is 10.5. The number of hydrogen-bond acceptors (Lipinski definition) is 6. The minimum atomic E-state index is -0.594. The van der Waals surface area contributed by atoms with Crippen molar-refractivity contribution in [2.45, 2.75) is 25.7 Å². The van der Waals surface area contributed by atoms with Gasteiger partial charge in [0.25, 0.3) is 0 Å². The van der Waals surface area contributed by atoms with Crippen LogP contribution in [0, 0.1) is 0 Å². The minimum absolute atomic E-state index is 0.0707. The Bertz CT molecular complexity index is 722. The highest BCUT2D eigenvalue weighted by molar-refractivity contribution is 5.97. The second-order valence-electron chi connectivity index (χ2n) is 6.65. The van der Waals surface area contributed by atoms with Crippen molar-refractivity contribution in [3.8, 4) is 11.5 Å². The molecule has 0 amide bonds. The SMILES string of the molecule is CN(C)CCOc1cc(O)c2c(c1)/C=C/CCCC(=O)/C=C\CCOC2=O. The molecule has 1 aliphatic heterocycles. The molecular weight excluding hydrogens is 346 g/mol. The molecule has 6 nitrogen and oxygen atoms in total. The van der Waals surface area contributed by atoms with Gasteiger partial charge in [0.1, 0.15) is 23.7 Å². The monoisotopic (exact) mass is 373 g/mol. The van der Waals surface area contributed by atoms with Crippen molar-refractivity contribution in [1.29, 1.82) is 0 Å². The number of phenolic OH excluding ortho intramolecular Hbond substituents is 1. The van der Waals surface area contributed by atoms with Crippen LogP contribution in [0.1, 0.15) is 41.6 Å². The predicted octanol–water partition coefficient (Wildman–Crippen LogP) is 3.20. The number of esters is 1. The molecule has 0 aliphatic carbocycles. The average Bonchev–Trinajstić information content (AvgIpc) is 2.59. The van der Waals surface area contributed by atoms with E-state index in [0.29, 0.717) is 37.2 Å². The van der Waals surface area contributed by atoms with E-state index in [1.54, 1.807) is 18.2 Å². The molecule has 1 aromatic carbocycles. The van der Waals surface area contributed by atoms with Gasteiger partial charge in [-0.2, -0.15) is 0 Å². The summed E-state index contributed by atoms with van der Waals surface area (Å²) >= 11 is 0. The van der Waals surface area contributed by atoms with Crippen molar-refractivity contribution in [1.82, 2.24) is 4.90 Å². The Kier molecular flexibility index (Phi) is 8.07. The maximum atomic E-state index is 12.4. The van der Waals surface area contributed by atoms with Gasteiger partial charge in [-0.1, -0.05) is 18.2 Å². The fourth-order valence-electron chi connectivity index (χ4n) is 2.60. The topological polar surface area (TPSA) is 76.1 Å². The number of phenols is 1. The predicted molar refractivity (Wildman–Crippen MR) is 104 cm³/mol. The smallest absolute Gasteiger partial charge is 0.342 e. The van der Waals surface area contributed by atoms with E-state index < -0.39 is 5.97 Å². The summed E-state index contributed by atoms with van der Waals surface area (Å²) in [6.07, 6.45) is 9.25. The van der Waals surface area contributed by atoms with Crippen LogP contribution in [-0.2, 0) is 9.53 Å². The molecule has 6 heteroatoms. The molecular formula is C21H27NO5. The number of benzene rings is 1. The molecule has 146 valence electrons. The molecule has 0 fully saturated rings. The Balaban J connectivity index is 2.25. The molecule has 0 unspecified atom stereocenters. The third-order valence-corrected chi connectivity index (χ3v) is 4.05. The van der Waals surface area contributed by atoms with Crippen LogP contribution in [0.15, 0.2) is 30.4 Å². The van der Waals surface area contributed by atoms with Crippen molar-refractivity contribution in [2.24, 2.45) is 0 Å². The van der Waals surface area contributed by atoms with E-state index >= 15 is 0 Å². The lowest BCUT2D eigenvalue weighted by molar-refractivity contribution is -0.114. The Morgan fingerprint density at radius 1 is 1.15 bits per heavy atom. The molecule has 0 saturated carbocycles. The summed E-state index contributed by atoms with van der Waals surface area (Å²) in [6.45, 7) is 1.34. The van der Waals surface area contributed by atoms with Crippen molar-refractivity contribution in [3.63, 3.8) is 0 Å². The third-order valence-electron chi connectivity index (χ3n) is 4.05. The van der Waals surface area contributed by atoms with Gasteiger partial charge >= 0.3 is 5.97 Å². The number of ether oxygens (including phenoxy) is 2. The summed E-state index contributed by atoms with van der Waals surface area (Å²) < 4.78 is 10.9. The summed E-state index contributed by atoms with van der Waals surface area (Å²) in [7, 11) is 3.89. The molecule has 0 atom stereocenters. The molecule has 0 saturated heterocycles. The molecule has 0 aromatic heterocycles. The number of hydrogen-bond donors (Lipinski definition) is 1. The Hall–Kier alpha value is -2.60. The third kappa shape index (κ3) is 6.90. The van der Waals surface area contributed by atoms with Gasteiger partial charge in [0, 0.05) is 19.0 Å². The molecule has 1 heterocycles. The maximum Gasteiger partial charge on any atom is 0.342 e. The van der Waals surface area contributed by atoms with Crippen LogP contribution < -0.4 is 4.74 Å². The molecule has 0 spiro atoms. The number of allylic oxidation sites excluding steroid dienone is 2. The fourth-order valence-corrected chi connectivity index (χ4v) is 2.60. The normalized spacial score (nSPS) is 18.3. The van der Waals surface area contributed by atoms with Gasteiger partial charge in [-0.15, -0.1) is 0 Å². The van der Waals surface area contributed by atoms with Crippen molar-refractivity contribution < 1.29 is 24.2 Å². The number of aromatic hydroxyl groups is 1. The summed E-state index contributed by atoms with van der Waals surface area (Å²) in [4.78, 5) is 26.1. The quantitative estimate of drug-likeness (QED) is 0.817. The zero-order chi connectivity index (χ0) is 19.6. The van der Waals surface area contributed by atoms with E-state index in [0.717, 1.165) is 13.0 Å². The number of carbonyl (C=O) groups is 2. The average molecular weight is 373 g/mol. The van der Waals surface area contributed by atoms with E-state index in [-0.39, 0.29) is 23.7 Å². The first kappa shape index (κ1) is 20.7. The maximum absolute atomic E-state index is 12.4. The zero-order valence-electron chi connectivity index (χ0n) is 15.9. The van der Waals surface area contributed by atoms with Gasteiger partial charge in [0.05, 0.1) is 6.61 Å². The number of ketones is 1. The van der Waals surface area contributed by atoms with Gasteiger partial charge < -0.3 is 19.5 Å². The molecule has 0 radical (unpaired) electrons. The molecule has 0 bridgehead atoms. The number of fused-ring (bicyclic) bond motifs is 1.